The molecule has 0 aliphatic carbocycles. The van der Waals surface area contributed by atoms with Gasteiger partial charge in [0.05, 0.1) is 11.7 Å². The Hall–Kier alpha value is -2.31. The lowest BCUT2D eigenvalue weighted by molar-refractivity contribution is 0.00898. The highest BCUT2D eigenvalue weighted by Gasteiger charge is 2.33. The van der Waals surface area contributed by atoms with Crippen LogP contribution in [0.4, 0.5) is 10.6 Å². The highest BCUT2D eigenvalue weighted by atomic mass is 16.6. The second-order valence-corrected chi connectivity index (χ2v) is 7.95. The van der Waals surface area contributed by atoms with Gasteiger partial charge in [0.2, 0.25) is 0 Å². The monoisotopic (exact) mass is 359 g/mol. The first-order valence-corrected chi connectivity index (χ1v) is 9.25. The zero-order valence-corrected chi connectivity index (χ0v) is 16.6. The van der Waals surface area contributed by atoms with Crippen LogP contribution >= 0.6 is 0 Å². The standard InChI is InChI=1S/C19H29N5O2/c1-12-13(2)21-16-11-14(22-24(16)17(12)20-6)15-9-7-8-10-23(15)18(25)26-19(3,4)5/h11,15,20H,7-10H2,1-6H3/t15-/m0/s1. The van der Waals surface area contributed by atoms with Gasteiger partial charge < -0.3 is 10.1 Å². The number of nitrogens with one attached hydrogen (secondary N) is 1. The number of anilines is 1. The Morgan fingerprint density at radius 1 is 1.31 bits per heavy atom. The molecule has 0 spiro atoms. The molecule has 0 aromatic carbocycles. The highest BCUT2D eigenvalue weighted by molar-refractivity contribution is 5.69. The van der Waals surface area contributed by atoms with E-state index in [-0.39, 0.29) is 12.1 Å². The average molecular weight is 359 g/mol. The summed E-state index contributed by atoms with van der Waals surface area (Å²) in [5.41, 5.74) is 3.20. The Labute approximate surface area is 154 Å². The summed E-state index contributed by atoms with van der Waals surface area (Å²) in [5.74, 6) is 0.929. The van der Waals surface area contributed by atoms with Crippen LogP contribution < -0.4 is 5.32 Å². The predicted molar refractivity (Wildman–Crippen MR) is 102 cm³/mol. The van der Waals surface area contributed by atoms with Crippen LogP contribution in [-0.2, 0) is 4.74 Å². The van der Waals surface area contributed by atoms with Crippen molar-refractivity contribution in [1.29, 1.82) is 0 Å². The first-order valence-electron chi connectivity index (χ1n) is 9.25. The maximum atomic E-state index is 12.7. The molecule has 1 saturated heterocycles. The van der Waals surface area contributed by atoms with Crippen molar-refractivity contribution in [3.63, 3.8) is 0 Å². The van der Waals surface area contributed by atoms with E-state index in [0.29, 0.717) is 6.54 Å². The van der Waals surface area contributed by atoms with Crippen LogP contribution in [0.15, 0.2) is 6.07 Å². The number of aryl methyl sites for hydroxylation is 1. The molecule has 3 heterocycles. The Morgan fingerprint density at radius 2 is 2.04 bits per heavy atom. The second-order valence-electron chi connectivity index (χ2n) is 7.95. The van der Waals surface area contributed by atoms with Gasteiger partial charge in [-0.3, -0.25) is 4.90 Å². The van der Waals surface area contributed by atoms with Crippen LogP contribution in [0.5, 0.6) is 0 Å². The molecule has 1 amide bonds. The minimum Gasteiger partial charge on any atom is -0.444 e. The van der Waals surface area contributed by atoms with Crippen LogP contribution in [0.25, 0.3) is 5.65 Å². The maximum absolute atomic E-state index is 12.7. The third-order valence-electron chi connectivity index (χ3n) is 4.81. The molecule has 2 aromatic rings. The van der Waals surface area contributed by atoms with E-state index in [1.54, 1.807) is 0 Å². The van der Waals surface area contributed by atoms with Gasteiger partial charge in [-0.05, 0) is 53.9 Å². The molecule has 1 fully saturated rings. The number of hydrogen-bond donors (Lipinski definition) is 1. The van der Waals surface area contributed by atoms with Gasteiger partial charge in [-0.15, -0.1) is 0 Å². The van der Waals surface area contributed by atoms with Gasteiger partial charge in [0.1, 0.15) is 11.4 Å². The number of rotatable bonds is 2. The van der Waals surface area contributed by atoms with E-state index in [4.69, 9.17) is 9.84 Å². The van der Waals surface area contributed by atoms with Crippen molar-refractivity contribution in [3.05, 3.63) is 23.0 Å². The largest absolute Gasteiger partial charge is 0.444 e. The molecule has 1 N–H and O–H groups in total. The van der Waals surface area contributed by atoms with Crippen LogP contribution in [0.1, 0.15) is 63.0 Å². The van der Waals surface area contributed by atoms with Gasteiger partial charge >= 0.3 is 6.09 Å². The van der Waals surface area contributed by atoms with Crippen molar-refractivity contribution in [3.8, 4) is 0 Å². The number of carbonyl (C=O) groups is 1. The Balaban J connectivity index is 1.99. The number of aromatic nitrogens is 3. The molecule has 7 nitrogen and oxygen atoms in total. The van der Waals surface area contributed by atoms with Crippen molar-refractivity contribution in [1.82, 2.24) is 19.5 Å². The number of piperidine rings is 1. The summed E-state index contributed by atoms with van der Waals surface area (Å²) in [7, 11) is 1.89. The fourth-order valence-electron chi connectivity index (χ4n) is 3.45. The zero-order valence-electron chi connectivity index (χ0n) is 16.6. The number of fused-ring (bicyclic) bond motifs is 1. The van der Waals surface area contributed by atoms with Gasteiger partial charge in [-0.1, -0.05) is 0 Å². The fourth-order valence-corrected chi connectivity index (χ4v) is 3.45. The van der Waals surface area contributed by atoms with Crippen LogP contribution in [0.2, 0.25) is 0 Å². The number of hydrogen-bond acceptors (Lipinski definition) is 5. The Kier molecular flexibility index (Phi) is 4.82. The number of amides is 1. The average Bonchev–Trinajstić information content (AvgIpc) is 2.97. The zero-order chi connectivity index (χ0) is 19.1. The van der Waals surface area contributed by atoms with Crippen LogP contribution in [0.3, 0.4) is 0 Å². The molecule has 1 aliphatic heterocycles. The van der Waals surface area contributed by atoms with E-state index >= 15 is 0 Å². The summed E-state index contributed by atoms with van der Waals surface area (Å²) in [4.78, 5) is 19.2. The maximum Gasteiger partial charge on any atom is 0.410 e. The molecule has 1 atom stereocenters. The van der Waals surface area contributed by atoms with Gasteiger partial charge in [0.25, 0.3) is 0 Å². The summed E-state index contributed by atoms with van der Waals surface area (Å²) < 4.78 is 7.44. The third kappa shape index (κ3) is 3.48. The minimum absolute atomic E-state index is 0.0781. The quantitative estimate of drug-likeness (QED) is 0.882. The molecular weight excluding hydrogens is 330 g/mol. The molecule has 1 aliphatic rings. The lowest BCUT2D eigenvalue weighted by atomic mass is 10.00. The molecule has 0 unspecified atom stereocenters. The molecule has 26 heavy (non-hydrogen) atoms. The molecule has 0 bridgehead atoms. The number of likely N-dealkylation sites (tertiary alicyclic amines) is 1. The summed E-state index contributed by atoms with van der Waals surface area (Å²) in [6.45, 7) is 10.4. The van der Waals surface area contributed by atoms with E-state index in [0.717, 1.165) is 47.7 Å². The highest BCUT2D eigenvalue weighted by Crippen LogP contribution is 2.32. The number of nitrogens with zero attached hydrogens (tertiary/aromatic N) is 4. The molecule has 3 rings (SSSR count). The van der Waals surface area contributed by atoms with Gasteiger partial charge in [0.15, 0.2) is 5.65 Å². The van der Waals surface area contributed by atoms with Crippen molar-refractivity contribution >= 4 is 17.6 Å². The normalized spacial score (nSPS) is 18.2. The SMILES string of the molecule is CNc1c(C)c(C)nc2cc([C@@H]3CCCCN3C(=O)OC(C)(C)C)nn12. The fraction of sp³-hybridized carbons (Fsp3) is 0.632. The van der Waals surface area contributed by atoms with E-state index in [1.165, 1.54) is 0 Å². The lowest BCUT2D eigenvalue weighted by Gasteiger charge is -2.35. The predicted octanol–water partition coefficient (Wildman–Crippen LogP) is 3.85. The van der Waals surface area contributed by atoms with Crippen LogP contribution in [0, 0.1) is 13.8 Å². The molecule has 2 aromatic heterocycles. The van der Waals surface area contributed by atoms with Gasteiger partial charge in [-0.25, -0.2) is 9.78 Å². The minimum atomic E-state index is -0.507. The van der Waals surface area contributed by atoms with Crippen molar-refractivity contribution in [2.45, 2.75) is 65.5 Å². The topological polar surface area (TPSA) is 71.8 Å². The van der Waals surface area contributed by atoms with Gasteiger partial charge in [-0.2, -0.15) is 9.61 Å². The molecule has 142 valence electrons. The van der Waals surface area contributed by atoms with E-state index in [2.05, 4.69) is 10.3 Å². The number of ether oxygens (including phenoxy) is 1. The summed E-state index contributed by atoms with van der Waals surface area (Å²) in [5, 5.41) is 8.00. The van der Waals surface area contributed by atoms with Crippen molar-refractivity contribution < 1.29 is 9.53 Å². The van der Waals surface area contributed by atoms with Gasteiger partial charge in [0, 0.05) is 30.9 Å². The summed E-state index contributed by atoms with van der Waals surface area (Å²) in [6, 6.07) is 1.91. The first kappa shape index (κ1) is 18.5. The second kappa shape index (κ2) is 6.78. The Morgan fingerprint density at radius 3 is 2.69 bits per heavy atom. The van der Waals surface area contributed by atoms with E-state index in [9.17, 15) is 4.79 Å². The molecule has 7 heteroatoms. The first-order chi connectivity index (χ1) is 12.2. The molecular formula is C19H29N5O2. The van der Waals surface area contributed by atoms with Crippen molar-refractivity contribution in [2.24, 2.45) is 0 Å². The number of carbonyl (C=O) groups excluding carboxylic acids is 1. The molecule has 0 radical (unpaired) electrons. The Bertz CT molecular complexity index is 821. The molecule has 0 saturated carbocycles. The third-order valence-corrected chi connectivity index (χ3v) is 4.81. The van der Waals surface area contributed by atoms with Crippen LogP contribution in [-0.4, -0.2) is 44.8 Å². The van der Waals surface area contributed by atoms with E-state index < -0.39 is 5.60 Å². The van der Waals surface area contributed by atoms with Crippen molar-refractivity contribution in [2.75, 3.05) is 18.9 Å². The summed E-state index contributed by atoms with van der Waals surface area (Å²) in [6.07, 6.45) is 2.67. The summed E-state index contributed by atoms with van der Waals surface area (Å²) >= 11 is 0. The van der Waals surface area contributed by atoms with E-state index in [1.807, 2.05) is 57.1 Å². The smallest absolute Gasteiger partial charge is 0.410 e. The lowest BCUT2D eigenvalue weighted by Crippen LogP contribution is -2.42.